The van der Waals surface area contributed by atoms with Gasteiger partial charge in [0.25, 0.3) is 0 Å². The van der Waals surface area contributed by atoms with Crippen molar-refractivity contribution >= 4 is 131 Å². The third-order valence-corrected chi connectivity index (χ3v) is 20.7. The van der Waals surface area contributed by atoms with Gasteiger partial charge in [0.1, 0.15) is 11.6 Å². The van der Waals surface area contributed by atoms with Crippen LogP contribution in [0.2, 0.25) is 0 Å². The quantitative estimate of drug-likeness (QED) is 0.150. The largest absolute Gasteiger partial charge is 0.309 e. The monoisotopic (exact) mass is 1330 g/mol. The first kappa shape index (κ1) is 58.7. The fourth-order valence-corrected chi connectivity index (χ4v) is 16.0. The van der Waals surface area contributed by atoms with E-state index in [1.807, 2.05) is 97.3 Å². The van der Waals surface area contributed by atoms with Crippen LogP contribution in [0.5, 0.6) is 0 Å². The predicted octanol–water partition coefficient (Wildman–Crippen LogP) is 23.4. The van der Waals surface area contributed by atoms with Crippen molar-refractivity contribution in [3.63, 3.8) is 0 Å². The van der Waals surface area contributed by atoms with Crippen LogP contribution >= 0.6 is 0 Å². The average molecular weight is 1330 g/mol. The Morgan fingerprint density at radius 2 is 0.529 bits per heavy atom. The van der Waals surface area contributed by atoms with E-state index in [0.717, 1.165) is 123 Å². The van der Waals surface area contributed by atoms with E-state index in [0.29, 0.717) is 0 Å². The molecule has 104 heavy (non-hydrogen) atoms. The van der Waals surface area contributed by atoms with Crippen LogP contribution in [0.3, 0.4) is 0 Å². The number of rotatable bonds is 8. The third kappa shape index (κ3) is 9.36. The van der Waals surface area contributed by atoms with Gasteiger partial charge in [-0.3, -0.25) is 9.13 Å². The Labute approximate surface area is 595 Å². The van der Waals surface area contributed by atoms with Crippen molar-refractivity contribution in [3.8, 4) is 68.0 Å². The zero-order chi connectivity index (χ0) is 68.3. The highest BCUT2D eigenvalue weighted by atomic mass is 15.1. The minimum atomic E-state index is 0.866. The van der Waals surface area contributed by atoms with Crippen LogP contribution in [-0.2, 0) is 0 Å². The molecule has 22 aromatic rings. The highest BCUT2D eigenvalue weighted by molar-refractivity contribution is 6.25. The summed E-state index contributed by atoms with van der Waals surface area (Å²) in [5, 5.41) is 14.6. The topological polar surface area (TPSA) is 97.1 Å². The number of hydrogen-bond acceptors (Lipinski definition) is 6. The van der Waals surface area contributed by atoms with Crippen molar-refractivity contribution in [2.24, 2.45) is 0 Å². The highest BCUT2D eigenvalue weighted by Crippen LogP contribution is 2.45. The molecule has 0 spiro atoms. The highest BCUT2D eigenvalue weighted by Gasteiger charge is 2.24. The summed E-state index contributed by atoms with van der Waals surface area (Å²) >= 11 is 0. The Hall–Kier alpha value is -14.2. The maximum Gasteiger partial charge on any atom is 0.137 e. The van der Waals surface area contributed by atoms with Gasteiger partial charge < -0.3 is 9.13 Å². The molecule has 0 aliphatic heterocycles. The summed E-state index contributed by atoms with van der Waals surface area (Å²) in [5.74, 6) is 1.80. The van der Waals surface area contributed by atoms with Crippen molar-refractivity contribution in [3.05, 3.63) is 352 Å². The van der Waals surface area contributed by atoms with Crippen LogP contribution in [0.25, 0.3) is 199 Å². The van der Waals surface area contributed by atoms with Gasteiger partial charge in [0, 0.05) is 99.9 Å². The van der Waals surface area contributed by atoms with E-state index in [4.69, 9.17) is 29.9 Å². The molecule has 484 valence electrons. The van der Waals surface area contributed by atoms with E-state index in [1.165, 1.54) is 75.7 Å². The summed E-state index contributed by atoms with van der Waals surface area (Å²) in [6.45, 7) is 0. The summed E-state index contributed by atoms with van der Waals surface area (Å²) in [5.41, 5.74) is 22.5. The summed E-state index contributed by atoms with van der Waals surface area (Å²) in [6.07, 6.45) is 3.74. The third-order valence-electron chi connectivity index (χ3n) is 20.7. The van der Waals surface area contributed by atoms with E-state index in [9.17, 15) is 0 Å². The van der Waals surface area contributed by atoms with Gasteiger partial charge in [-0.15, -0.1) is 0 Å². The van der Waals surface area contributed by atoms with Gasteiger partial charge in [-0.1, -0.05) is 231 Å². The Morgan fingerprint density at radius 1 is 0.192 bits per heavy atom. The van der Waals surface area contributed by atoms with E-state index in [2.05, 4.69) is 273 Å². The van der Waals surface area contributed by atoms with Crippen LogP contribution in [-0.4, -0.2) is 48.2 Å². The summed E-state index contributed by atoms with van der Waals surface area (Å²) in [4.78, 5) is 30.2. The van der Waals surface area contributed by atoms with Crippen molar-refractivity contribution in [2.75, 3.05) is 0 Å². The Morgan fingerprint density at radius 3 is 0.990 bits per heavy atom. The van der Waals surface area contributed by atoms with Crippen molar-refractivity contribution < 1.29 is 0 Å². The number of fused-ring (bicyclic) bond motifs is 18. The van der Waals surface area contributed by atoms with Crippen molar-refractivity contribution in [1.29, 1.82) is 0 Å². The molecule has 0 saturated carbocycles. The summed E-state index contributed by atoms with van der Waals surface area (Å²) in [6, 6.07) is 120. The zero-order valence-corrected chi connectivity index (χ0v) is 56.0. The number of hydrogen-bond donors (Lipinski definition) is 0. The lowest BCUT2D eigenvalue weighted by Crippen LogP contribution is -1.98. The number of para-hydroxylation sites is 6. The van der Waals surface area contributed by atoms with Gasteiger partial charge in [0.05, 0.1) is 89.0 Å². The minimum absolute atomic E-state index is 0.866. The molecule has 14 aromatic carbocycles. The molecule has 0 amide bonds. The molecule has 0 aliphatic rings. The second kappa shape index (κ2) is 23.7. The van der Waals surface area contributed by atoms with Gasteiger partial charge in [0.15, 0.2) is 0 Å². The molecule has 10 heteroatoms. The lowest BCUT2D eigenvalue weighted by molar-refractivity contribution is 1.08. The number of benzene rings is 14. The number of nitrogens with zero attached hydrogens (tertiary/aromatic N) is 10. The van der Waals surface area contributed by atoms with E-state index in [-0.39, 0.29) is 0 Å². The number of pyridine rings is 2. The molecule has 22 rings (SSSR count). The molecule has 0 N–H and O–H groups in total. The Balaban J connectivity index is 0.000000134. The maximum absolute atomic E-state index is 5.17. The molecule has 0 bridgehead atoms. The SMILES string of the molecule is c1ccc(-c2nc3ccccc3nc2-c2ccc(-n3c4cc5c(cc4c4ccc6ccccc6c43)c3ccccc3n5-c3ccccn3)cc2)cc1.c1ccc(-c2nc3ccccc3nc2-c2ccc(-n3c4ccccc4c4cc5c6ccc7ccccc7c6n(-c6ccccn6)c5cc43)cc2)cc1. The molecule has 0 atom stereocenters. The first-order valence-corrected chi connectivity index (χ1v) is 35.1. The Bertz CT molecular complexity index is 7180. The van der Waals surface area contributed by atoms with Gasteiger partial charge in [0.2, 0.25) is 0 Å². The first-order chi connectivity index (χ1) is 51.6. The van der Waals surface area contributed by atoms with Crippen LogP contribution in [0.1, 0.15) is 0 Å². The molecule has 0 unspecified atom stereocenters. The zero-order valence-electron chi connectivity index (χ0n) is 56.0. The van der Waals surface area contributed by atoms with Gasteiger partial charge in [-0.2, -0.15) is 0 Å². The van der Waals surface area contributed by atoms with Crippen molar-refractivity contribution in [1.82, 2.24) is 48.2 Å². The fourth-order valence-electron chi connectivity index (χ4n) is 16.0. The van der Waals surface area contributed by atoms with Gasteiger partial charge in [-0.25, -0.2) is 29.9 Å². The van der Waals surface area contributed by atoms with Gasteiger partial charge >= 0.3 is 0 Å². The summed E-state index contributed by atoms with van der Waals surface area (Å²) in [7, 11) is 0. The molecule has 8 heterocycles. The molecule has 0 radical (unpaired) electrons. The predicted molar refractivity (Wildman–Crippen MR) is 429 cm³/mol. The number of aromatic nitrogens is 10. The molecule has 0 saturated heterocycles. The standard InChI is InChI=1S/2C47H29N5/c1-2-13-31(14-3-1)45-46(50-40-18-8-7-17-39(40)49-45)32-21-24-33(25-22-32)51-42-29-43-37(28-38(42)36-26-23-30-12-4-5-15-34(30)47(36)51)35-16-6-9-19-41(35)52(43)44-20-10-11-27-48-44;1-2-13-31(14-3-1)45-46(50-40-18-8-7-17-39(40)49-45)32-21-24-33(25-22-32)51-41-19-9-6-16-35(41)37-28-38-36-26-23-30-12-4-5-15-34(30)47(36)52(43(38)29-42(37)51)44-20-10-11-27-48-44/h2*1-29H. The normalized spacial score (nSPS) is 11.8. The molecule has 0 aliphatic carbocycles. The fraction of sp³-hybridized carbons (Fsp3) is 0. The van der Waals surface area contributed by atoms with E-state index < -0.39 is 0 Å². The molecular formula is C94H58N10. The second-order valence-corrected chi connectivity index (χ2v) is 26.5. The molecule has 10 nitrogen and oxygen atoms in total. The van der Waals surface area contributed by atoms with Crippen molar-refractivity contribution in [2.45, 2.75) is 0 Å². The smallest absolute Gasteiger partial charge is 0.137 e. The van der Waals surface area contributed by atoms with E-state index in [1.54, 1.807) is 0 Å². The van der Waals surface area contributed by atoms with Crippen LogP contribution in [0.15, 0.2) is 352 Å². The van der Waals surface area contributed by atoms with Crippen LogP contribution in [0, 0.1) is 0 Å². The minimum Gasteiger partial charge on any atom is -0.309 e. The lowest BCUT2D eigenvalue weighted by atomic mass is 10.0. The molecule has 0 fully saturated rings. The van der Waals surface area contributed by atoms with E-state index >= 15 is 0 Å². The second-order valence-electron chi connectivity index (χ2n) is 26.5. The Kier molecular flexibility index (Phi) is 13.4. The average Bonchev–Trinajstić information content (AvgIpc) is 1.55. The van der Waals surface area contributed by atoms with Crippen LogP contribution < -0.4 is 0 Å². The molecule has 8 aromatic heterocycles. The van der Waals surface area contributed by atoms with Crippen LogP contribution in [0.4, 0.5) is 0 Å². The van der Waals surface area contributed by atoms with Gasteiger partial charge in [-0.05, 0) is 120 Å². The lowest BCUT2D eigenvalue weighted by Gasteiger charge is -2.13. The first-order valence-electron chi connectivity index (χ1n) is 35.1. The maximum atomic E-state index is 5.17. The molecular weight excluding hydrogens is 1270 g/mol. The summed E-state index contributed by atoms with van der Waals surface area (Å²) < 4.78 is 9.44.